The third kappa shape index (κ3) is 8.52. The highest BCUT2D eigenvalue weighted by Crippen LogP contribution is 2.44. The van der Waals surface area contributed by atoms with E-state index in [0.29, 0.717) is 0 Å². The molecule has 2 N–H and O–H groups in total. The summed E-state index contributed by atoms with van der Waals surface area (Å²) in [6, 6.07) is 20.7. The molecule has 0 amide bonds. The van der Waals surface area contributed by atoms with E-state index in [1.54, 1.807) is 0 Å². The molecule has 0 bridgehead atoms. The van der Waals surface area contributed by atoms with Crippen LogP contribution in [0, 0.1) is 5.92 Å². The van der Waals surface area contributed by atoms with Crippen molar-refractivity contribution in [3.8, 4) is 0 Å². The molecule has 2 aromatic carbocycles. The van der Waals surface area contributed by atoms with Gasteiger partial charge >= 0.3 is 5.97 Å². The van der Waals surface area contributed by atoms with E-state index < -0.39 is 12.1 Å². The third-order valence-corrected chi connectivity index (χ3v) is 6.74. The summed E-state index contributed by atoms with van der Waals surface area (Å²) in [5.41, 5.74) is 2.21. The van der Waals surface area contributed by atoms with E-state index >= 15 is 0 Å². The number of rotatable bonds is 15. The molecule has 1 fully saturated rings. The van der Waals surface area contributed by atoms with Gasteiger partial charge in [0.25, 0.3) is 0 Å². The van der Waals surface area contributed by atoms with E-state index in [1.807, 2.05) is 35.4 Å². The lowest BCUT2D eigenvalue weighted by atomic mass is 9.86. The summed E-state index contributed by atoms with van der Waals surface area (Å²) in [5, 5.41) is 21.5. The standard InChI is InChI=1S/C30H41NO4/c1-2-3-8-19-26(32)22-23-27-28(20-13-4-5-14-21-29(33)34)35-31(25-17-11-7-12-18-25)30(27)24-15-9-6-10-16-24/h6-7,9-12,15-18,22-23,26-28,30,32H,2-5,8,13-14,19-21H2,1H3,(H,33,34)/b23-22+/t26?,27-,28-,30-/m1/s1. The molecule has 1 aliphatic rings. The molecule has 4 atom stereocenters. The Bertz CT molecular complexity index is 886. The Morgan fingerprint density at radius 3 is 2.34 bits per heavy atom. The van der Waals surface area contributed by atoms with E-state index in [-0.39, 0.29) is 24.5 Å². The highest BCUT2D eigenvalue weighted by Gasteiger charge is 2.42. The molecule has 1 aliphatic heterocycles. The molecule has 5 heteroatoms. The second-order valence-corrected chi connectivity index (χ2v) is 9.53. The number of carboxylic acids is 1. The number of nitrogens with zero attached hydrogens (tertiary/aromatic N) is 1. The van der Waals surface area contributed by atoms with Gasteiger partial charge in [0.05, 0.1) is 23.9 Å². The van der Waals surface area contributed by atoms with Gasteiger partial charge in [-0.05, 0) is 37.0 Å². The Morgan fingerprint density at radius 2 is 1.66 bits per heavy atom. The number of benzene rings is 2. The minimum atomic E-state index is -0.726. The molecule has 1 heterocycles. The Balaban J connectivity index is 1.78. The minimum absolute atomic E-state index is 0.00898. The number of aliphatic carboxylic acids is 1. The first kappa shape index (κ1) is 27.0. The number of carboxylic acid groups (broad SMARTS) is 1. The van der Waals surface area contributed by atoms with Crippen LogP contribution in [0.5, 0.6) is 0 Å². The fraction of sp³-hybridized carbons (Fsp3) is 0.500. The minimum Gasteiger partial charge on any atom is -0.481 e. The van der Waals surface area contributed by atoms with Crippen LogP contribution in [0.3, 0.4) is 0 Å². The van der Waals surface area contributed by atoms with Crippen molar-refractivity contribution < 1.29 is 19.8 Å². The predicted molar refractivity (Wildman–Crippen MR) is 141 cm³/mol. The van der Waals surface area contributed by atoms with Gasteiger partial charge in [-0.2, -0.15) is 0 Å². The van der Waals surface area contributed by atoms with E-state index in [1.165, 1.54) is 5.56 Å². The average Bonchev–Trinajstić information content (AvgIpc) is 3.24. The second-order valence-electron chi connectivity index (χ2n) is 9.53. The summed E-state index contributed by atoms with van der Waals surface area (Å²) < 4.78 is 0. The molecule has 0 saturated carbocycles. The number of hydrogen-bond donors (Lipinski definition) is 2. The molecule has 5 nitrogen and oxygen atoms in total. The lowest BCUT2D eigenvalue weighted by Crippen LogP contribution is -2.23. The topological polar surface area (TPSA) is 70.0 Å². The molecule has 2 aromatic rings. The maximum Gasteiger partial charge on any atom is 0.303 e. The van der Waals surface area contributed by atoms with Crippen molar-refractivity contribution in [1.29, 1.82) is 0 Å². The van der Waals surface area contributed by atoms with Gasteiger partial charge in [-0.15, -0.1) is 0 Å². The van der Waals surface area contributed by atoms with Crippen molar-refractivity contribution in [2.75, 3.05) is 5.06 Å². The smallest absolute Gasteiger partial charge is 0.303 e. The Morgan fingerprint density at radius 1 is 0.971 bits per heavy atom. The molecule has 0 aliphatic carbocycles. The van der Waals surface area contributed by atoms with Gasteiger partial charge < -0.3 is 10.2 Å². The maximum atomic E-state index is 10.8. The molecule has 0 aromatic heterocycles. The largest absolute Gasteiger partial charge is 0.481 e. The molecule has 0 spiro atoms. The average molecular weight is 480 g/mol. The van der Waals surface area contributed by atoms with Crippen LogP contribution < -0.4 is 5.06 Å². The van der Waals surface area contributed by atoms with Crippen molar-refractivity contribution >= 4 is 11.7 Å². The van der Waals surface area contributed by atoms with Gasteiger partial charge in [-0.3, -0.25) is 9.63 Å². The van der Waals surface area contributed by atoms with Crippen LogP contribution in [0.2, 0.25) is 0 Å². The van der Waals surface area contributed by atoms with E-state index in [2.05, 4.69) is 49.4 Å². The number of para-hydroxylation sites is 1. The van der Waals surface area contributed by atoms with E-state index in [4.69, 9.17) is 9.94 Å². The van der Waals surface area contributed by atoms with Gasteiger partial charge in [0.1, 0.15) is 0 Å². The maximum absolute atomic E-state index is 10.8. The molecule has 1 saturated heterocycles. The normalized spacial score (nSPS) is 21.0. The van der Waals surface area contributed by atoms with Gasteiger partial charge in [0.15, 0.2) is 0 Å². The van der Waals surface area contributed by atoms with Crippen molar-refractivity contribution in [2.45, 2.75) is 89.4 Å². The summed E-state index contributed by atoms with van der Waals surface area (Å²) in [5.74, 6) is -0.631. The van der Waals surface area contributed by atoms with Crippen molar-refractivity contribution in [3.63, 3.8) is 0 Å². The zero-order valence-electron chi connectivity index (χ0n) is 21.0. The molecular weight excluding hydrogens is 438 g/mol. The van der Waals surface area contributed by atoms with Crippen molar-refractivity contribution in [1.82, 2.24) is 0 Å². The van der Waals surface area contributed by atoms with Crippen LogP contribution in [-0.4, -0.2) is 28.4 Å². The lowest BCUT2D eigenvalue weighted by Gasteiger charge is -2.27. The monoisotopic (exact) mass is 479 g/mol. The summed E-state index contributed by atoms with van der Waals surface area (Å²) in [7, 11) is 0. The summed E-state index contributed by atoms with van der Waals surface area (Å²) >= 11 is 0. The molecule has 1 unspecified atom stereocenters. The van der Waals surface area contributed by atoms with Gasteiger partial charge in [0.2, 0.25) is 0 Å². The van der Waals surface area contributed by atoms with Crippen LogP contribution in [0.4, 0.5) is 5.69 Å². The molecule has 35 heavy (non-hydrogen) atoms. The molecule has 0 radical (unpaired) electrons. The van der Waals surface area contributed by atoms with E-state index in [9.17, 15) is 9.90 Å². The fourth-order valence-electron chi connectivity index (χ4n) is 4.85. The fourth-order valence-corrected chi connectivity index (χ4v) is 4.85. The van der Waals surface area contributed by atoms with Gasteiger partial charge in [-0.25, -0.2) is 5.06 Å². The zero-order valence-corrected chi connectivity index (χ0v) is 21.0. The zero-order chi connectivity index (χ0) is 24.9. The first-order chi connectivity index (χ1) is 17.1. The summed E-state index contributed by atoms with van der Waals surface area (Å²) in [4.78, 5) is 17.4. The Kier molecular flexibility index (Phi) is 11.3. The van der Waals surface area contributed by atoms with Crippen LogP contribution in [0.1, 0.15) is 82.7 Å². The Labute approximate surface area is 210 Å². The number of aliphatic hydroxyl groups excluding tert-OH is 1. The van der Waals surface area contributed by atoms with Gasteiger partial charge in [0, 0.05) is 12.3 Å². The number of carbonyl (C=O) groups is 1. The second kappa shape index (κ2) is 14.7. The number of aliphatic hydroxyl groups is 1. The number of hydrogen-bond acceptors (Lipinski definition) is 4. The number of unbranched alkanes of at least 4 members (excludes halogenated alkanes) is 5. The molecular formula is C30H41NO4. The third-order valence-electron chi connectivity index (χ3n) is 6.74. The van der Waals surface area contributed by atoms with Crippen molar-refractivity contribution in [2.24, 2.45) is 5.92 Å². The highest BCUT2D eigenvalue weighted by molar-refractivity contribution is 5.66. The lowest BCUT2D eigenvalue weighted by molar-refractivity contribution is -0.137. The van der Waals surface area contributed by atoms with Crippen LogP contribution in [-0.2, 0) is 9.63 Å². The number of anilines is 1. The molecule has 3 rings (SSSR count). The van der Waals surface area contributed by atoms with Crippen molar-refractivity contribution in [3.05, 3.63) is 78.4 Å². The van der Waals surface area contributed by atoms with Crippen LogP contribution in [0.25, 0.3) is 0 Å². The molecule has 190 valence electrons. The number of hydroxylamine groups is 1. The van der Waals surface area contributed by atoms with Gasteiger partial charge in [-0.1, -0.05) is 106 Å². The van der Waals surface area contributed by atoms with Crippen LogP contribution in [0.15, 0.2) is 72.8 Å². The quantitative estimate of drug-likeness (QED) is 0.211. The predicted octanol–water partition coefficient (Wildman–Crippen LogP) is 7.09. The SMILES string of the molecule is CCCCCC(O)/C=C/[C@H]1[C@@H](c2ccccc2)N(c2ccccc2)O[C@@H]1CCCCCCC(=O)O. The van der Waals surface area contributed by atoms with E-state index in [0.717, 1.165) is 63.5 Å². The van der Waals surface area contributed by atoms with Crippen LogP contribution >= 0.6 is 0 Å². The summed E-state index contributed by atoms with van der Waals surface area (Å²) in [6.45, 7) is 2.17. The first-order valence-corrected chi connectivity index (χ1v) is 13.2. The summed E-state index contributed by atoms with van der Waals surface area (Å²) in [6.07, 6.45) is 12.5. The Hall–Kier alpha value is -2.63. The highest BCUT2D eigenvalue weighted by atomic mass is 16.7. The first-order valence-electron chi connectivity index (χ1n) is 13.2.